The van der Waals surface area contributed by atoms with Crippen molar-refractivity contribution in [3.05, 3.63) is 12.2 Å². The van der Waals surface area contributed by atoms with Gasteiger partial charge in [-0.1, -0.05) is 6.58 Å². The molecule has 0 aromatic heterocycles. The van der Waals surface area contributed by atoms with E-state index >= 15 is 0 Å². The molecule has 0 bridgehead atoms. The summed E-state index contributed by atoms with van der Waals surface area (Å²) in [6.45, 7) is 7.70. The molecule has 60 valence electrons. The molecule has 0 aromatic carbocycles. The van der Waals surface area contributed by atoms with E-state index in [-0.39, 0.29) is 5.91 Å². The van der Waals surface area contributed by atoms with Crippen molar-refractivity contribution in [1.82, 2.24) is 5.32 Å². The van der Waals surface area contributed by atoms with E-state index in [4.69, 9.17) is 0 Å². The van der Waals surface area contributed by atoms with Gasteiger partial charge in [-0.3, -0.25) is 4.79 Å². The van der Waals surface area contributed by atoms with Crippen molar-refractivity contribution < 1.29 is 4.79 Å². The summed E-state index contributed by atoms with van der Waals surface area (Å²) in [5.41, 5.74) is 5.06. The van der Waals surface area contributed by atoms with Gasteiger partial charge in [0.2, 0.25) is 5.91 Å². The second-order valence-electron chi connectivity index (χ2n) is 1.64. The molecule has 0 saturated carbocycles. The molecule has 0 aromatic rings. The average Bonchev–Trinajstić information content (AvgIpc) is 1.93. The molecule has 0 radical (unpaired) electrons. The Morgan fingerprint density at radius 1 is 1.60 bits per heavy atom. The molecule has 0 spiro atoms. The highest BCUT2D eigenvalue weighted by molar-refractivity contribution is 5.91. The Balaban J connectivity index is 0. The highest BCUT2D eigenvalue weighted by Gasteiger charge is 1.95. The van der Waals surface area contributed by atoms with Crippen molar-refractivity contribution in [2.45, 2.75) is 13.8 Å². The van der Waals surface area contributed by atoms with Crippen LogP contribution in [0.4, 0.5) is 0 Å². The largest absolute Gasteiger partial charge is 0.353 e. The van der Waals surface area contributed by atoms with Crippen LogP contribution in [0.1, 0.15) is 13.8 Å². The Kier molecular flexibility index (Phi) is 9.73. The van der Waals surface area contributed by atoms with E-state index in [2.05, 4.69) is 17.6 Å². The summed E-state index contributed by atoms with van der Waals surface area (Å²) in [6.07, 6.45) is 0. The third kappa shape index (κ3) is 7.17. The van der Waals surface area contributed by atoms with Gasteiger partial charge in [0, 0.05) is 12.1 Å². The lowest BCUT2D eigenvalue weighted by Crippen LogP contribution is -2.22. The number of nitrogens with two attached hydrogens (primary N) is 1. The summed E-state index contributed by atoms with van der Waals surface area (Å²) in [6, 6.07) is 0. The fourth-order valence-corrected chi connectivity index (χ4v) is 0.311. The molecule has 0 aliphatic carbocycles. The van der Waals surface area contributed by atoms with Crippen molar-refractivity contribution in [2.75, 3.05) is 13.6 Å². The highest BCUT2D eigenvalue weighted by atomic mass is 16.1. The summed E-state index contributed by atoms with van der Waals surface area (Å²) in [5.74, 6) is -0.0625. The van der Waals surface area contributed by atoms with Crippen LogP contribution in [0.15, 0.2) is 12.2 Å². The molecule has 10 heavy (non-hydrogen) atoms. The van der Waals surface area contributed by atoms with E-state index in [1.165, 1.54) is 7.05 Å². The summed E-state index contributed by atoms with van der Waals surface area (Å²) >= 11 is 0. The van der Waals surface area contributed by atoms with E-state index in [1.807, 2.05) is 6.92 Å². The Morgan fingerprint density at radius 2 is 2.00 bits per heavy atom. The molecule has 0 unspecified atom stereocenters. The lowest BCUT2D eigenvalue weighted by Gasteiger charge is -1.97. The minimum absolute atomic E-state index is 0.0625. The molecule has 0 fully saturated rings. The Bertz CT molecular complexity index is 110. The van der Waals surface area contributed by atoms with Gasteiger partial charge < -0.3 is 11.1 Å². The molecule has 0 aliphatic heterocycles. The first-order valence-electron chi connectivity index (χ1n) is 3.20. The van der Waals surface area contributed by atoms with Crippen LogP contribution < -0.4 is 11.1 Å². The van der Waals surface area contributed by atoms with Crippen molar-refractivity contribution in [1.29, 1.82) is 0 Å². The van der Waals surface area contributed by atoms with Crippen molar-refractivity contribution in [3.8, 4) is 0 Å². The molecular weight excluding hydrogens is 128 g/mol. The third-order valence-corrected chi connectivity index (χ3v) is 0.725. The van der Waals surface area contributed by atoms with E-state index < -0.39 is 0 Å². The zero-order valence-electron chi connectivity index (χ0n) is 6.90. The minimum atomic E-state index is -0.0625. The normalized spacial score (nSPS) is 7.20. The second kappa shape index (κ2) is 8.17. The standard InChI is InChI=1S/C6H11NO.CH5N/c1-4-7-6(8)5(2)3;1-2/h2,4H2,1,3H3,(H,7,8);2H2,1H3. The first-order chi connectivity index (χ1) is 4.68. The molecule has 3 heteroatoms. The molecular formula is C7H16N2O. The minimum Gasteiger partial charge on any atom is -0.353 e. The smallest absolute Gasteiger partial charge is 0.246 e. The summed E-state index contributed by atoms with van der Waals surface area (Å²) in [7, 11) is 1.50. The topological polar surface area (TPSA) is 55.1 Å². The van der Waals surface area contributed by atoms with Gasteiger partial charge in [0.25, 0.3) is 0 Å². The van der Waals surface area contributed by atoms with Gasteiger partial charge in [0.05, 0.1) is 0 Å². The van der Waals surface area contributed by atoms with Gasteiger partial charge in [-0.2, -0.15) is 0 Å². The van der Waals surface area contributed by atoms with Gasteiger partial charge in [-0.05, 0) is 20.9 Å². The predicted molar refractivity (Wildman–Crippen MR) is 43.6 cm³/mol. The number of nitrogens with one attached hydrogen (secondary N) is 1. The second-order valence-corrected chi connectivity index (χ2v) is 1.64. The average molecular weight is 144 g/mol. The van der Waals surface area contributed by atoms with Gasteiger partial charge in [-0.25, -0.2) is 0 Å². The fourth-order valence-electron chi connectivity index (χ4n) is 0.311. The summed E-state index contributed by atoms with van der Waals surface area (Å²) in [4.78, 5) is 10.5. The maximum Gasteiger partial charge on any atom is 0.246 e. The van der Waals surface area contributed by atoms with E-state index in [0.29, 0.717) is 12.1 Å². The SMILES string of the molecule is C=C(C)C(=O)NCC.CN. The third-order valence-electron chi connectivity index (χ3n) is 0.725. The van der Waals surface area contributed by atoms with Gasteiger partial charge >= 0.3 is 0 Å². The fraction of sp³-hybridized carbons (Fsp3) is 0.571. The number of hydrogen-bond donors (Lipinski definition) is 2. The maximum atomic E-state index is 10.5. The zero-order chi connectivity index (χ0) is 8.57. The van der Waals surface area contributed by atoms with Crippen LogP contribution in [0.25, 0.3) is 0 Å². The molecule has 3 N–H and O–H groups in total. The number of rotatable bonds is 2. The molecule has 3 nitrogen and oxygen atoms in total. The molecule has 0 heterocycles. The van der Waals surface area contributed by atoms with Gasteiger partial charge in [0.1, 0.15) is 0 Å². The molecule has 0 saturated heterocycles. The Labute approximate surface area is 62.3 Å². The number of carbonyl (C=O) groups is 1. The highest BCUT2D eigenvalue weighted by Crippen LogP contribution is 1.82. The number of carbonyl (C=O) groups excluding carboxylic acids is 1. The molecule has 0 aliphatic rings. The molecule has 1 amide bonds. The first-order valence-corrected chi connectivity index (χ1v) is 3.20. The van der Waals surface area contributed by atoms with Crippen molar-refractivity contribution in [3.63, 3.8) is 0 Å². The van der Waals surface area contributed by atoms with E-state index in [9.17, 15) is 4.79 Å². The lowest BCUT2D eigenvalue weighted by molar-refractivity contribution is -0.117. The zero-order valence-corrected chi connectivity index (χ0v) is 6.90. The van der Waals surface area contributed by atoms with E-state index in [0.717, 1.165) is 0 Å². The number of likely N-dealkylation sites (N-methyl/N-ethyl adjacent to an activating group) is 1. The van der Waals surface area contributed by atoms with E-state index in [1.54, 1.807) is 6.92 Å². The van der Waals surface area contributed by atoms with Crippen LogP contribution in [0.2, 0.25) is 0 Å². The Hall–Kier alpha value is -0.830. The van der Waals surface area contributed by atoms with Crippen molar-refractivity contribution >= 4 is 5.91 Å². The van der Waals surface area contributed by atoms with Crippen LogP contribution in [0.3, 0.4) is 0 Å². The predicted octanol–water partition coefficient (Wildman–Crippen LogP) is 0.273. The maximum absolute atomic E-state index is 10.5. The first kappa shape index (κ1) is 11.9. The molecule has 0 atom stereocenters. The van der Waals surface area contributed by atoms with Crippen LogP contribution in [-0.2, 0) is 4.79 Å². The van der Waals surface area contributed by atoms with Crippen molar-refractivity contribution in [2.24, 2.45) is 5.73 Å². The lowest BCUT2D eigenvalue weighted by atomic mass is 10.3. The summed E-state index contributed by atoms with van der Waals surface area (Å²) in [5, 5.41) is 2.61. The van der Waals surface area contributed by atoms with Gasteiger partial charge in [0.15, 0.2) is 0 Å². The quantitative estimate of drug-likeness (QED) is 0.547. The monoisotopic (exact) mass is 144 g/mol. The Morgan fingerprint density at radius 3 is 2.10 bits per heavy atom. The number of amides is 1. The van der Waals surface area contributed by atoms with Crippen LogP contribution in [0.5, 0.6) is 0 Å². The van der Waals surface area contributed by atoms with Gasteiger partial charge in [-0.15, -0.1) is 0 Å². The van der Waals surface area contributed by atoms with Crippen LogP contribution in [-0.4, -0.2) is 19.5 Å². The van der Waals surface area contributed by atoms with Crippen LogP contribution in [0, 0.1) is 0 Å². The summed E-state index contributed by atoms with van der Waals surface area (Å²) < 4.78 is 0. The van der Waals surface area contributed by atoms with Crippen LogP contribution >= 0.6 is 0 Å². The number of hydrogen-bond acceptors (Lipinski definition) is 2. The molecule has 0 rings (SSSR count).